The monoisotopic (exact) mass is 605 g/mol. The number of likely N-dealkylation sites (tertiary alicyclic amines) is 1. The van der Waals surface area contributed by atoms with Gasteiger partial charge in [0.1, 0.15) is 18.0 Å². The third-order valence-electron chi connectivity index (χ3n) is 9.04. The molecule has 2 aliphatic heterocycles. The Morgan fingerprint density at radius 1 is 1.07 bits per heavy atom. The largest absolute Gasteiger partial charge is 0.393 e. The van der Waals surface area contributed by atoms with E-state index in [1.54, 1.807) is 25.1 Å². The average molecular weight is 606 g/mol. The topological polar surface area (TPSA) is 78.4 Å². The number of aromatic nitrogens is 2. The summed E-state index contributed by atoms with van der Waals surface area (Å²) in [5.74, 6) is 0.434. The Balaban J connectivity index is 1.06. The van der Waals surface area contributed by atoms with Gasteiger partial charge in [0.2, 0.25) is 10.0 Å². The zero-order valence-corrected chi connectivity index (χ0v) is 24.4. The minimum Gasteiger partial charge on any atom is -0.355 e. The van der Waals surface area contributed by atoms with Crippen molar-refractivity contribution in [2.24, 2.45) is 5.41 Å². The molecule has 3 heterocycles. The lowest BCUT2D eigenvalue weighted by atomic mass is 9.72. The number of nitrogens with one attached hydrogen (secondary N) is 1. The van der Waals surface area contributed by atoms with Crippen molar-refractivity contribution in [3.8, 4) is 0 Å². The molecule has 2 saturated heterocycles. The molecule has 2 aromatic carbocycles. The van der Waals surface area contributed by atoms with Crippen molar-refractivity contribution in [3.05, 3.63) is 64.7 Å². The summed E-state index contributed by atoms with van der Waals surface area (Å²) in [7, 11) is -3.33. The van der Waals surface area contributed by atoms with Gasteiger partial charge in [0.15, 0.2) is 0 Å². The highest BCUT2D eigenvalue weighted by Gasteiger charge is 2.45. The van der Waals surface area contributed by atoms with E-state index in [9.17, 15) is 21.6 Å². The standard InChI is InChI=1S/C30H35F4N5O2S/c1-2-42(40,41)37-23-5-4-22-11-21(13-26(31)24(22)14-23)16-38-9-7-29(8-10-38)17-39(18-29)28-25-12-20(15-30(32,33)34)3-6-27(25)35-19-36-28/h3,6,11-13,19,23,37H,2,4-5,7-10,14-18H2,1H3/t23-/m1/s1. The molecule has 3 aromatic rings. The van der Waals surface area contributed by atoms with Crippen LogP contribution >= 0.6 is 0 Å². The second kappa shape index (κ2) is 11.0. The number of fused-ring (bicyclic) bond motifs is 2. The van der Waals surface area contributed by atoms with Crippen LogP contribution in [0, 0.1) is 11.2 Å². The zero-order valence-electron chi connectivity index (χ0n) is 23.6. The first-order valence-corrected chi connectivity index (χ1v) is 16.1. The molecule has 12 heteroatoms. The van der Waals surface area contributed by atoms with Crippen LogP contribution in [0.25, 0.3) is 10.9 Å². The lowest BCUT2D eigenvalue weighted by Gasteiger charge is -2.54. The number of hydrogen-bond acceptors (Lipinski definition) is 6. The first-order valence-electron chi connectivity index (χ1n) is 14.5. The highest BCUT2D eigenvalue weighted by molar-refractivity contribution is 7.89. The third-order valence-corrected chi connectivity index (χ3v) is 10.5. The summed E-state index contributed by atoms with van der Waals surface area (Å²) in [6.45, 7) is 5.62. The smallest absolute Gasteiger partial charge is 0.355 e. The maximum atomic E-state index is 15.1. The van der Waals surface area contributed by atoms with Crippen molar-refractivity contribution in [2.45, 2.75) is 64.2 Å². The van der Waals surface area contributed by atoms with E-state index in [1.165, 1.54) is 12.4 Å². The van der Waals surface area contributed by atoms with Gasteiger partial charge in [0.25, 0.3) is 0 Å². The molecule has 1 atom stereocenters. The van der Waals surface area contributed by atoms with E-state index >= 15 is 4.39 Å². The molecule has 2 fully saturated rings. The fourth-order valence-electron chi connectivity index (χ4n) is 6.77. The van der Waals surface area contributed by atoms with E-state index in [2.05, 4.69) is 30.6 Å². The second-order valence-electron chi connectivity index (χ2n) is 12.1. The molecule has 0 saturated carbocycles. The van der Waals surface area contributed by atoms with Gasteiger partial charge < -0.3 is 4.90 Å². The molecule has 226 valence electrons. The predicted octanol–water partition coefficient (Wildman–Crippen LogP) is 4.77. The van der Waals surface area contributed by atoms with Crippen LogP contribution < -0.4 is 9.62 Å². The molecular formula is C30H35F4N5O2S. The van der Waals surface area contributed by atoms with E-state index in [0.29, 0.717) is 48.1 Å². The van der Waals surface area contributed by atoms with Crippen LogP contribution in [-0.2, 0) is 35.8 Å². The molecule has 6 rings (SSSR count). The van der Waals surface area contributed by atoms with Crippen molar-refractivity contribution >= 4 is 26.7 Å². The maximum absolute atomic E-state index is 15.1. The van der Waals surface area contributed by atoms with Gasteiger partial charge in [-0.15, -0.1) is 0 Å². The lowest BCUT2D eigenvalue weighted by Crippen LogP contribution is -2.60. The fourth-order valence-corrected chi connectivity index (χ4v) is 7.65. The normalized spacial score (nSPS) is 21.0. The van der Waals surface area contributed by atoms with Crippen LogP contribution in [0.3, 0.4) is 0 Å². The van der Waals surface area contributed by atoms with Crippen molar-refractivity contribution in [2.75, 3.05) is 36.8 Å². The van der Waals surface area contributed by atoms with Crippen LogP contribution in [-0.4, -0.2) is 67.4 Å². The Morgan fingerprint density at radius 2 is 1.83 bits per heavy atom. The zero-order chi connectivity index (χ0) is 29.7. The predicted molar refractivity (Wildman–Crippen MR) is 153 cm³/mol. The number of halogens is 4. The number of alkyl halides is 3. The third kappa shape index (κ3) is 6.26. The summed E-state index contributed by atoms with van der Waals surface area (Å²) < 4.78 is 80.6. The summed E-state index contributed by atoms with van der Waals surface area (Å²) in [4.78, 5) is 13.2. The van der Waals surface area contributed by atoms with E-state index in [4.69, 9.17) is 0 Å². The van der Waals surface area contributed by atoms with Gasteiger partial charge in [0, 0.05) is 36.5 Å². The van der Waals surface area contributed by atoms with E-state index < -0.39 is 22.6 Å². The minimum absolute atomic E-state index is 0.0106. The summed E-state index contributed by atoms with van der Waals surface area (Å²) in [5.41, 5.74) is 3.50. The Morgan fingerprint density at radius 3 is 2.55 bits per heavy atom. The number of aryl methyl sites for hydroxylation is 1. The number of piperidine rings is 1. The summed E-state index contributed by atoms with van der Waals surface area (Å²) >= 11 is 0. The van der Waals surface area contributed by atoms with E-state index in [-0.39, 0.29) is 28.6 Å². The highest BCUT2D eigenvalue weighted by atomic mass is 32.2. The van der Waals surface area contributed by atoms with Crippen molar-refractivity contribution in [3.63, 3.8) is 0 Å². The first kappa shape index (κ1) is 29.3. The van der Waals surface area contributed by atoms with Crippen LogP contribution in [0.4, 0.5) is 23.4 Å². The molecule has 42 heavy (non-hydrogen) atoms. The van der Waals surface area contributed by atoms with Gasteiger partial charge in [-0.05, 0) is 92.6 Å². The Hall–Kier alpha value is -2.83. The summed E-state index contributed by atoms with van der Waals surface area (Å²) in [6.07, 6.45) is -0.147. The van der Waals surface area contributed by atoms with E-state index in [0.717, 1.165) is 50.1 Å². The number of nitrogens with zero attached hydrogens (tertiary/aromatic N) is 4. The molecule has 1 aliphatic carbocycles. The van der Waals surface area contributed by atoms with Crippen LogP contribution in [0.15, 0.2) is 36.7 Å². The molecular weight excluding hydrogens is 570 g/mol. The van der Waals surface area contributed by atoms with Gasteiger partial charge in [0.05, 0.1) is 17.7 Å². The van der Waals surface area contributed by atoms with Gasteiger partial charge in [-0.3, -0.25) is 4.90 Å². The highest BCUT2D eigenvalue weighted by Crippen LogP contribution is 2.44. The summed E-state index contributed by atoms with van der Waals surface area (Å²) in [6, 6.07) is 8.07. The quantitative estimate of drug-likeness (QED) is 0.391. The van der Waals surface area contributed by atoms with Crippen molar-refractivity contribution < 1.29 is 26.0 Å². The maximum Gasteiger partial charge on any atom is 0.393 e. The molecule has 1 spiro atoms. The molecule has 0 radical (unpaired) electrons. The molecule has 7 nitrogen and oxygen atoms in total. The number of hydrogen-bond donors (Lipinski definition) is 1. The van der Waals surface area contributed by atoms with Crippen LogP contribution in [0.1, 0.15) is 48.4 Å². The fraction of sp³-hybridized carbons (Fsp3) is 0.533. The van der Waals surface area contributed by atoms with Crippen LogP contribution in [0.5, 0.6) is 0 Å². The van der Waals surface area contributed by atoms with Gasteiger partial charge in [-0.1, -0.05) is 12.1 Å². The van der Waals surface area contributed by atoms with Crippen LogP contribution in [0.2, 0.25) is 0 Å². The molecule has 3 aliphatic rings. The Kier molecular flexibility index (Phi) is 7.68. The van der Waals surface area contributed by atoms with E-state index in [1.807, 2.05) is 0 Å². The van der Waals surface area contributed by atoms with Crippen molar-refractivity contribution in [1.82, 2.24) is 19.6 Å². The van der Waals surface area contributed by atoms with Gasteiger partial charge in [-0.25, -0.2) is 27.5 Å². The second-order valence-corrected chi connectivity index (χ2v) is 14.2. The molecule has 0 amide bonds. The van der Waals surface area contributed by atoms with Gasteiger partial charge >= 0.3 is 6.18 Å². The average Bonchev–Trinajstić information content (AvgIpc) is 2.91. The summed E-state index contributed by atoms with van der Waals surface area (Å²) in [5, 5.41) is 0.648. The minimum atomic E-state index is -4.27. The Labute approximate surface area is 243 Å². The van der Waals surface area contributed by atoms with Gasteiger partial charge in [-0.2, -0.15) is 13.2 Å². The number of sulfonamides is 1. The molecule has 0 bridgehead atoms. The Bertz CT molecular complexity index is 1580. The lowest BCUT2D eigenvalue weighted by molar-refractivity contribution is -0.127. The number of rotatable bonds is 7. The molecule has 0 unspecified atom stereocenters. The number of anilines is 1. The molecule has 1 N–H and O–H groups in total. The number of benzene rings is 2. The SMILES string of the molecule is CCS(=O)(=O)N[C@@H]1CCc2cc(CN3CCC4(CC3)CN(c3ncnc5ccc(CC(F)(F)F)cc35)C4)cc(F)c2C1. The molecule has 1 aromatic heterocycles. The first-order chi connectivity index (χ1) is 19.9. The van der Waals surface area contributed by atoms with Crippen molar-refractivity contribution in [1.29, 1.82) is 0 Å².